The van der Waals surface area contributed by atoms with Crippen molar-refractivity contribution in [3.8, 4) is 5.75 Å². The summed E-state index contributed by atoms with van der Waals surface area (Å²) in [5.74, 6) is 0.999. The molecule has 2 aromatic rings. The number of benzene rings is 2. The number of aryl methyl sites for hydroxylation is 1. The molecule has 1 unspecified atom stereocenters. The second kappa shape index (κ2) is 5.58. The molecule has 0 saturated carbocycles. The molecular formula is C18H21NO. The normalized spacial score (nSPS) is 17.4. The fourth-order valence-electron chi connectivity index (χ4n) is 2.80. The Bertz CT molecular complexity index is 591. The minimum absolute atomic E-state index is 0.201. The minimum atomic E-state index is 0.201. The van der Waals surface area contributed by atoms with Gasteiger partial charge < -0.3 is 10.1 Å². The molecule has 0 saturated heterocycles. The largest absolute Gasteiger partial charge is 0.491 e. The van der Waals surface area contributed by atoms with E-state index in [0.29, 0.717) is 6.04 Å². The second-order valence-corrected chi connectivity index (χ2v) is 5.60. The molecule has 0 radical (unpaired) electrons. The standard InChI is InChI=1S/C18H21NO/c1-13(2)20-18-10-6-4-8-15(18)17-12-11-14-7-3-5-9-16(14)19-17/h3-10,13,17,19H,11-12H2,1-2H3. The first-order valence-corrected chi connectivity index (χ1v) is 7.34. The van der Waals surface area contributed by atoms with Crippen molar-refractivity contribution in [3.05, 3.63) is 59.7 Å². The van der Waals surface area contributed by atoms with Crippen molar-refractivity contribution in [3.63, 3.8) is 0 Å². The maximum atomic E-state index is 5.95. The Morgan fingerprint density at radius 2 is 1.80 bits per heavy atom. The number of anilines is 1. The van der Waals surface area contributed by atoms with E-state index in [2.05, 4.69) is 61.6 Å². The number of rotatable bonds is 3. The van der Waals surface area contributed by atoms with Gasteiger partial charge in [0.25, 0.3) is 0 Å². The van der Waals surface area contributed by atoms with Gasteiger partial charge in [-0.1, -0.05) is 36.4 Å². The van der Waals surface area contributed by atoms with Crippen molar-refractivity contribution < 1.29 is 4.74 Å². The molecule has 0 bridgehead atoms. The summed E-state index contributed by atoms with van der Waals surface area (Å²) in [4.78, 5) is 0. The second-order valence-electron chi connectivity index (χ2n) is 5.60. The van der Waals surface area contributed by atoms with Gasteiger partial charge in [0.05, 0.1) is 12.1 Å². The van der Waals surface area contributed by atoms with Crippen LogP contribution in [0.15, 0.2) is 48.5 Å². The lowest BCUT2D eigenvalue weighted by atomic mass is 9.93. The van der Waals surface area contributed by atoms with E-state index in [9.17, 15) is 0 Å². The maximum Gasteiger partial charge on any atom is 0.124 e. The lowest BCUT2D eigenvalue weighted by Gasteiger charge is -2.29. The minimum Gasteiger partial charge on any atom is -0.491 e. The Balaban J connectivity index is 1.88. The van der Waals surface area contributed by atoms with Crippen molar-refractivity contribution in [1.82, 2.24) is 0 Å². The summed E-state index contributed by atoms with van der Waals surface area (Å²) in [6, 6.07) is 17.3. The molecule has 0 aliphatic carbocycles. The predicted molar refractivity (Wildman–Crippen MR) is 83.3 cm³/mol. The van der Waals surface area contributed by atoms with Crippen LogP contribution in [0.2, 0.25) is 0 Å². The van der Waals surface area contributed by atoms with Gasteiger partial charge in [0.15, 0.2) is 0 Å². The topological polar surface area (TPSA) is 21.3 Å². The van der Waals surface area contributed by atoms with Crippen LogP contribution in [0.1, 0.15) is 37.4 Å². The average molecular weight is 267 g/mol. The fraction of sp³-hybridized carbons (Fsp3) is 0.333. The van der Waals surface area contributed by atoms with Crippen molar-refractivity contribution in [1.29, 1.82) is 0 Å². The van der Waals surface area contributed by atoms with Gasteiger partial charge in [-0.2, -0.15) is 0 Å². The van der Waals surface area contributed by atoms with Gasteiger partial charge in [-0.15, -0.1) is 0 Å². The zero-order valence-corrected chi connectivity index (χ0v) is 12.1. The molecule has 0 fully saturated rings. The van der Waals surface area contributed by atoms with Crippen LogP contribution < -0.4 is 10.1 Å². The summed E-state index contributed by atoms with van der Waals surface area (Å²) in [7, 11) is 0. The van der Waals surface area contributed by atoms with Crippen molar-refractivity contribution in [2.45, 2.75) is 38.8 Å². The third kappa shape index (κ3) is 2.64. The summed E-state index contributed by atoms with van der Waals surface area (Å²) in [6.45, 7) is 4.14. The average Bonchev–Trinajstić information content (AvgIpc) is 2.47. The molecule has 0 spiro atoms. The number of hydrogen-bond donors (Lipinski definition) is 1. The van der Waals surface area contributed by atoms with E-state index in [4.69, 9.17) is 4.74 Å². The Morgan fingerprint density at radius 3 is 2.65 bits per heavy atom. The van der Waals surface area contributed by atoms with E-state index in [-0.39, 0.29) is 6.10 Å². The smallest absolute Gasteiger partial charge is 0.124 e. The lowest BCUT2D eigenvalue weighted by molar-refractivity contribution is 0.238. The van der Waals surface area contributed by atoms with Crippen molar-refractivity contribution in [2.24, 2.45) is 0 Å². The lowest BCUT2D eigenvalue weighted by Crippen LogP contribution is -2.19. The SMILES string of the molecule is CC(C)Oc1ccccc1C1CCc2ccccc2N1. The summed E-state index contributed by atoms with van der Waals surface area (Å²) in [5, 5.41) is 3.65. The molecule has 2 heteroatoms. The summed E-state index contributed by atoms with van der Waals surface area (Å²) in [5.41, 5.74) is 3.92. The predicted octanol–water partition coefficient (Wildman–Crippen LogP) is 4.57. The van der Waals surface area contributed by atoms with Crippen LogP contribution in [-0.4, -0.2) is 6.10 Å². The Hall–Kier alpha value is -1.96. The fourth-order valence-corrected chi connectivity index (χ4v) is 2.80. The number of ether oxygens (including phenoxy) is 1. The maximum absolute atomic E-state index is 5.95. The van der Waals surface area contributed by atoms with Crippen molar-refractivity contribution >= 4 is 5.69 Å². The number of nitrogens with one attached hydrogen (secondary N) is 1. The first kappa shape index (κ1) is 13.0. The van der Waals surface area contributed by atoms with Crippen LogP contribution >= 0.6 is 0 Å². The third-order valence-corrected chi connectivity index (χ3v) is 3.71. The molecule has 104 valence electrons. The molecule has 1 heterocycles. The molecule has 1 N–H and O–H groups in total. The van der Waals surface area contributed by atoms with Gasteiger partial charge in [-0.25, -0.2) is 0 Å². The number of para-hydroxylation sites is 2. The van der Waals surface area contributed by atoms with E-state index in [1.165, 1.54) is 16.8 Å². The molecule has 1 atom stereocenters. The van der Waals surface area contributed by atoms with Gasteiger partial charge in [0.2, 0.25) is 0 Å². The first-order valence-electron chi connectivity index (χ1n) is 7.34. The summed E-state index contributed by atoms with van der Waals surface area (Å²) in [6.07, 6.45) is 2.42. The summed E-state index contributed by atoms with van der Waals surface area (Å²) < 4.78 is 5.95. The van der Waals surface area contributed by atoms with E-state index < -0.39 is 0 Å². The van der Waals surface area contributed by atoms with Crippen molar-refractivity contribution in [2.75, 3.05) is 5.32 Å². The van der Waals surface area contributed by atoms with E-state index in [1.54, 1.807) is 0 Å². The van der Waals surface area contributed by atoms with E-state index in [0.717, 1.165) is 18.6 Å². The van der Waals surface area contributed by atoms with E-state index >= 15 is 0 Å². The highest BCUT2D eigenvalue weighted by Gasteiger charge is 2.21. The van der Waals surface area contributed by atoms with Gasteiger partial charge in [-0.3, -0.25) is 0 Å². The monoisotopic (exact) mass is 267 g/mol. The van der Waals surface area contributed by atoms with Gasteiger partial charge in [0.1, 0.15) is 5.75 Å². The van der Waals surface area contributed by atoms with Crippen LogP contribution in [0.5, 0.6) is 5.75 Å². The Labute approximate surface area is 120 Å². The van der Waals surface area contributed by atoms with Crippen LogP contribution in [-0.2, 0) is 6.42 Å². The summed E-state index contributed by atoms with van der Waals surface area (Å²) >= 11 is 0. The molecule has 2 nitrogen and oxygen atoms in total. The van der Waals surface area contributed by atoms with Gasteiger partial charge in [0, 0.05) is 11.3 Å². The zero-order valence-electron chi connectivity index (χ0n) is 12.1. The molecule has 0 aromatic heterocycles. The molecule has 20 heavy (non-hydrogen) atoms. The highest BCUT2D eigenvalue weighted by molar-refractivity contribution is 5.56. The highest BCUT2D eigenvalue weighted by Crippen LogP contribution is 2.36. The molecular weight excluding hydrogens is 246 g/mol. The molecule has 2 aromatic carbocycles. The third-order valence-electron chi connectivity index (χ3n) is 3.71. The van der Waals surface area contributed by atoms with Crippen LogP contribution in [0.25, 0.3) is 0 Å². The van der Waals surface area contributed by atoms with Gasteiger partial charge >= 0.3 is 0 Å². The number of hydrogen-bond acceptors (Lipinski definition) is 2. The molecule has 3 rings (SSSR count). The van der Waals surface area contributed by atoms with Crippen LogP contribution in [0, 0.1) is 0 Å². The Kier molecular flexibility index (Phi) is 3.64. The molecule has 1 aliphatic rings. The zero-order chi connectivity index (χ0) is 13.9. The quantitative estimate of drug-likeness (QED) is 0.879. The van der Waals surface area contributed by atoms with Crippen LogP contribution in [0.3, 0.4) is 0 Å². The van der Waals surface area contributed by atoms with E-state index in [1.807, 2.05) is 6.07 Å². The molecule has 0 amide bonds. The van der Waals surface area contributed by atoms with Gasteiger partial charge in [-0.05, 0) is 44.4 Å². The Morgan fingerprint density at radius 1 is 1.05 bits per heavy atom. The first-order chi connectivity index (χ1) is 9.74. The number of fused-ring (bicyclic) bond motifs is 1. The molecule has 1 aliphatic heterocycles. The van der Waals surface area contributed by atoms with Crippen LogP contribution in [0.4, 0.5) is 5.69 Å². The highest BCUT2D eigenvalue weighted by atomic mass is 16.5.